The molecule has 1 saturated carbocycles. The zero-order valence-corrected chi connectivity index (χ0v) is 25.3. The highest BCUT2D eigenvalue weighted by Gasteiger charge is 2.35. The van der Waals surface area contributed by atoms with Gasteiger partial charge in [0, 0.05) is 36.7 Å². The van der Waals surface area contributed by atoms with Crippen LogP contribution in [0.3, 0.4) is 0 Å². The van der Waals surface area contributed by atoms with Gasteiger partial charge in [0.15, 0.2) is 11.5 Å². The van der Waals surface area contributed by atoms with Crippen molar-refractivity contribution in [2.24, 2.45) is 10.9 Å². The van der Waals surface area contributed by atoms with Gasteiger partial charge in [-0.1, -0.05) is 36.4 Å². The van der Waals surface area contributed by atoms with E-state index in [0.717, 1.165) is 75.4 Å². The molecule has 1 aliphatic carbocycles. The van der Waals surface area contributed by atoms with Gasteiger partial charge >= 0.3 is 0 Å². The third kappa shape index (κ3) is 6.30. The van der Waals surface area contributed by atoms with Gasteiger partial charge in [0.2, 0.25) is 13.2 Å². The molecule has 2 aromatic carbocycles. The molecule has 6 rings (SSSR count). The van der Waals surface area contributed by atoms with E-state index < -0.39 is 13.0 Å². The van der Waals surface area contributed by atoms with Gasteiger partial charge in [-0.2, -0.15) is 4.98 Å². The summed E-state index contributed by atoms with van der Waals surface area (Å²) in [5, 5.41) is 0.583. The van der Waals surface area contributed by atoms with Gasteiger partial charge in [-0.3, -0.25) is 9.46 Å². The van der Waals surface area contributed by atoms with E-state index in [9.17, 15) is 9.46 Å². The molecule has 9 nitrogen and oxygen atoms in total. The molecule has 42 heavy (non-hydrogen) atoms. The van der Waals surface area contributed by atoms with Gasteiger partial charge in [-0.25, -0.2) is 9.98 Å². The number of morpholine rings is 1. The van der Waals surface area contributed by atoms with Gasteiger partial charge in [0.25, 0.3) is 0 Å². The highest BCUT2D eigenvalue weighted by Crippen LogP contribution is 2.47. The lowest BCUT2D eigenvalue weighted by molar-refractivity contribution is 0.0342. The minimum absolute atomic E-state index is 0.251. The fourth-order valence-electron chi connectivity index (χ4n) is 6.44. The first-order valence-electron chi connectivity index (χ1n) is 14.9. The van der Waals surface area contributed by atoms with E-state index in [1.807, 2.05) is 38.1 Å². The van der Waals surface area contributed by atoms with Crippen LogP contribution in [0, 0.1) is 5.92 Å². The van der Waals surface area contributed by atoms with Crippen LogP contribution in [-0.4, -0.2) is 63.5 Å². The van der Waals surface area contributed by atoms with Crippen LogP contribution in [0.15, 0.2) is 59.9 Å². The smallest absolute Gasteiger partial charge is 0.246 e. The molecular weight excluding hydrogens is 549 g/mol. The maximum Gasteiger partial charge on any atom is 0.246 e. The second-order valence-electron chi connectivity index (χ2n) is 12.3. The predicted molar refractivity (Wildman–Crippen MR) is 165 cm³/mol. The molecular formula is C32H40N5O4P. The Kier molecular flexibility index (Phi) is 8.20. The highest BCUT2D eigenvalue weighted by atomic mass is 31.2. The standard InChI is InChI=1S/C32H40N5O4P/c1-32(2)29(36-28-30(33)34-21-35-31(28)41-32)26-12-10-25(11-13-26)24-8-6-22(7-9-24)20-42(38,39)27-5-3-4-23(18-27)19-37-14-16-40-17-15-37/h3-5,10-13,18,21-22,24H,6-9,14-17,19-20H2,1-2H3,(H,38,39)(H2,33,34,35)/t22-,24-. The fourth-order valence-corrected chi connectivity index (χ4v) is 8.40. The summed E-state index contributed by atoms with van der Waals surface area (Å²) in [6, 6.07) is 16.3. The number of nitrogens with zero attached hydrogens (tertiary/aromatic N) is 4. The second kappa shape index (κ2) is 11.9. The van der Waals surface area contributed by atoms with Crippen molar-refractivity contribution in [1.82, 2.24) is 14.9 Å². The van der Waals surface area contributed by atoms with Gasteiger partial charge in [0.05, 0.1) is 18.9 Å². The number of hydrogen-bond acceptors (Lipinski definition) is 8. The maximum atomic E-state index is 13.5. The molecule has 222 valence electrons. The number of aliphatic imine (C=N–C) groups is 1. The molecule has 3 aliphatic rings. The minimum atomic E-state index is -3.43. The quantitative estimate of drug-likeness (QED) is 0.367. The first-order valence-corrected chi connectivity index (χ1v) is 16.7. The van der Waals surface area contributed by atoms with Crippen molar-refractivity contribution in [3.63, 3.8) is 0 Å². The summed E-state index contributed by atoms with van der Waals surface area (Å²) in [6.07, 6.45) is 5.67. The molecule has 0 radical (unpaired) electrons. The van der Waals surface area contributed by atoms with E-state index in [1.54, 1.807) is 0 Å². The monoisotopic (exact) mass is 589 g/mol. The Morgan fingerprint density at radius 3 is 2.52 bits per heavy atom. The predicted octanol–water partition coefficient (Wildman–Crippen LogP) is 5.05. The Bertz CT molecular complexity index is 1490. The van der Waals surface area contributed by atoms with E-state index in [0.29, 0.717) is 34.8 Å². The lowest BCUT2D eigenvalue weighted by Gasteiger charge is -2.32. The summed E-state index contributed by atoms with van der Waals surface area (Å²) in [5.74, 6) is 1.39. The molecule has 10 heteroatoms. The van der Waals surface area contributed by atoms with E-state index in [2.05, 4.69) is 39.1 Å². The van der Waals surface area contributed by atoms with Crippen LogP contribution in [0.1, 0.15) is 62.1 Å². The summed E-state index contributed by atoms with van der Waals surface area (Å²) in [4.78, 5) is 26.5. The summed E-state index contributed by atoms with van der Waals surface area (Å²) in [7, 11) is -3.43. The SMILES string of the molecule is CC1(C)Oc2ncnc(N)c2N=C1c1ccc([C@H]2CC[C@H](CP(=O)(O)c3cccc(CN4CCOCC4)c3)CC2)cc1. The number of aromatic nitrogens is 2. The van der Waals surface area contributed by atoms with Crippen LogP contribution in [0.4, 0.5) is 11.5 Å². The Hall–Kier alpha value is -3.10. The molecule has 3 aromatic rings. The summed E-state index contributed by atoms with van der Waals surface area (Å²) in [5.41, 5.74) is 10.00. The summed E-state index contributed by atoms with van der Waals surface area (Å²) >= 11 is 0. The molecule has 3 heterocycles. The van der Waals surface area contributed by atoms with Crippen LogP contribution >= 0.6 is 7.37 Å². The van der Waals surface area contributed by atoms with Crippen molar-refractivity contribution >= 4 is 29.9 Å². The van der Waals surface area contributed by atoms with E-state index in [4.69, 9.17) is 20.2 Å². The number of benzene rings is 2. The Morgan fingerprint density at radius 2 is 1.79 bits per heavy atom. The van der Waals surface area contributed by atoms with E-state index in [-0.39, 0.29) is 5.92 Å². The number of nitrogens with two attached hydrogens (primary N) is 1. The lowest BCUT2D eigenvalue weighted by Crippen LogP contribution is -2.41. The summed E-state index contributed by atoms with van der Waals surface area (Å²) in [6.45, 7) is 8.02. The molecule has 1 unspecified atom stereocenters. The number of nitrogen functional groups attached to an aromatic ring is 1. The van der Waals surface area contributed by atoms with Crippen LogP contribution in [0.5, 0.6) is 5.88 Å². The van der Waals surface area contributed by atoms with Crippen LogP contribution < -0.4 is 15.8 Å². The van der Waals surface area contributed by atoms with Crippen molar-refractivity contribution in [2.45, 2.75) is 57.6 Å². The average Bonchev–Trinajstić information content (AvgIpc) is 2.98. The van der Waals surface area contributed by atoms with Crippen molar-refractivity contribution in [3.05, 3.63) is 71.5 Å². The molecule has 3 N–H and O–H groups in total. The second-order valence-corrected chi connectivity index (χ2v) is 14.6. The topological polar surface area (TPSA) is 123 Å². The zero-order valence-electron chi connectivity index (χ0n) is 24.4. The molecule has 1 saturated heterocycles. The van der Waals surface area contributed by atoms with E-state index >= 15 is 0 Å². The molecule has 2 aliphatic heterocycles. The lowest BCUT2D eigenvalue weighted by atomic mass is 9.79. The van der Waals surface area contributed by atoms with Crippen molar-refractivity contribution in [1.29, 1.82) is 0 Å². The number of hydrogen-bond donors (Lipinski definition) is 2. The molecule has 0 amide bonds. The van der Waals surface area contributed by atoms with Crippen molar-refractivity contribution in [3.8, 4) is 5.88 Å². The van der Waals surface area contributed by atoms with Crippen molar-refractivity contribution < 1.29 is 18.9 Å². The highest BCUT2D eigenvalue weighted by molar-refractivity contribution is 7.66. The fraction of sp³-hybridized carbons (Fsp3) is 0.469. The number of fused-ring (bicyclic) bond motifs is 1. The Morgan fingerprint density at radius 1 is 1.05 bits per heavy atom. The van der Waals surface area contributed by atoms with Gasteiger partial charge < -0.3 is 20.1 Å². The van der Waals surface area contributed by atoms with Gasteiger partial charge in [-0.15, -0.1) is 0 Å². The number of rotatable bonds is 7. The number of anilines is 1. The first kappa shape index (κ1) is 29.0. The maximum absolute atomic E-state index is 13.5. The van der Waals surface area contributed by atoms with Crippen LogP contribution in [0.2, 0.25) is 0 Å². The normalized spacial score (nSPS) is 23.7. The Balaban J connectivity index is 1.07. The van der Waals surface area contributed by atoms with Gasteiger partial charge in [0.1, 0.15) is 11.9 Å². The van der Waals surface area contributed by atoms with Crippen LogP contribution in [-0.2, 0) is 15.8 Å². The molecule has 0 spiro atoms. The largest absolute Gasteiger partial charge is 0.463 e. The third-order valence-corrected chi connectivity index (χ3v) is 10.9. The third-order valence-electron chi connectivity index (χ3n) is 8.79. The molecule has 2 fully saturated rings. The van der Waals surface area contributed by atoms with Gasteiger partial charge in [-0.05, 0) is 74.6 Å². The molecule has 0 bridgehead atoms. The molecule has 1 atom stereocenters. The zero-order chi connectivity index (χ0) is 29.3. The summed E-state index contributed by atoms with van der Waals surface area (Å²) < 4.78 is 25.1. The Labute approximate surface area is 247 Å². The van der Waals surface area contributed by atoms with Crippen molar-refractivity contribution in [2.75, 3.05) is 38.2 Å². The average molecular weight is 590 g/mol. The van der Waals surface area contributed by atoms with E-state index in [1.165, 1.54) is 11.9 Å². The molecule has 1 aromatic heterocycles. The number of ether oxygens (including phenoxy) is 2. The van der Waals surface area contributed by atoms with Crippen LogP contribution in [0.25, 0.3) is 0 Å². The minimum Gasteiger partial charge on any atom is -0.463 e. The first-order chi connectivity index (χ1) is 20.2.